The Morgan fingerprint density at radius 3 is 2.09 bits per heavy atom. The summed E-state index contributed by atoms with van der Waals surface area (Å²) in [5.41, 5.74) is 2.15. The fraction of sp³-hybridized carbons (Fsp3) is 0.240. The van der Waals surface area contributed by atoms with Gasteiger partial charge in [-0.1, -0.05) is 49.2 Å². The smallest absolute Gasteiger partial charge is 0.253 e. The Morgan fingerprint density at radius 1 is 0.909 bits per heavy atom. The van der Waals surface area contributed by atoms with Gasteiger partial charge in [-0.25, -0.2) is 8.78 Å². The van der Waals surface area contributed by atoms with Crippen LogP contribution >= 0.6 is 23.2 Å². The van der Waals surface area contributed by atoms with Crippen molar-refractivity contribution in [1.29, 1.82) is 0 Å². The van der Waals surface area contributed by atoms with Gasteiger partial charge in [-0.15, -0.1) is 0 Å². The molecule has 0 bridgehead atoms. The van der Waals surface area contributed by atoms with E-state index in [9.17, 15) is 13.6 Å². The van der Waals surface area contributed by atoms with E-state index in [4.69, 9.17) is 23.2 Å². The van der Waals surface area contributed by atoms with E-state index in [1.807, 2.05) is 0 Å². The Labute approximate surface area is 202 Å². The number of benzene rings is 3. The molecular weight excluding hydrogens is 467 g/mol. The Kier molecular flexibility index (Phi) is 8.67. The van der Waals surface area contributed by atoms with E-state index in [0.29, 0.717) is 34.6 Å². The fourth-order valence-electron chi connectivity index (χ4n) is 3.47. The van der Waals surface area contributed by atoms with Gasteiger partial charge in [-0.3, -0.25) is 4.79 Å². The number of likely N-dealkylation sites (N-methyl/N-ethyl adjacent to an activating group) is 1. The van der Waals surface area contributed by atoms with Gasteiger partial charge in [0.25, 0.3) is 5.91 Å². The maximum atomic E-state index is 13.6. The minimum absolute atomic E-state index is 0.218. The molecule has 8 heteroatoms. The molecule has 0 aliphatic heterocycles. The third-order valence-electron chi connectivity index (χ3n) is 5.28. The Balaban J connectivity index is 1.82. The van der Waals surface area contributed by atoms with Gasteiger partial charge in [-0.05, 0) is 60.6 Å². The number of para-hydroxylation sites is 1. The summed E-state index contributed by atoms with van der Waals surface area (Å²) in [6.45, 7) is 7.27. The van der Waals surface area contributed by atoms with Gasteiger partial charge in [0.05, 0.1) is 27.0 Å². The molecule has 174 valence electrons. The first-order valence-electron chi connectivity index (χ1n) is 10.6. The summed E-state index contributed by atoms with van der Waals surface area (Å²) in [7, 11) is 0. The molecule has 4 nitrogen and oxygen atoms in total. The van der Waals surface area contributed by atoms with Crippen molar-refractivity contribution >= 4 is 40.5 Å². The highest BCUT2D eigenvalue weighted by Gasteiger charge is 2.16. The summed E-state index contributed by atoms with van der Waals surface area (Å²) in [5, 5.41) is 6.56. The molecule has 2 N–H and O–H groups in total. The summed E-state index contributed by atoms with van der Waals surface area (Å²) in [4.78, 5) is 15.0. The molecule has 0 unspecified atom stereocenters. The highest BCUT2D eigenvalue weighted by Crippen LogP contribution is 2.38. The second-order valence-electron chi connectivity index (χ2n) is 7.43. The molecule has 0 saturated carbocycles. The molecule has 0 spiro atoms. The lowest BCUT2D eigenvalue weighted by molar-refractivity contribution is 0.0949. The molecule has 3 aromatic rings. The van der Waals surface area contributed by atoms with Crippen molar-refractivity contribution in [3.8, 4) is 11.1 Å². The van der Waals surface area contributed by atoms with E-state index in [1.165, 1.54) is 12.1 Å². The molecule has 1 amide bonds. The lowest BCUT2D eigenvalue weighted by Crippen LogP contribution is -2.35. The van der Waals surface area contributed by atoms with Gasteiger partial charge in [0, 0.05) is 19.2 Å². The highest BCUT2D eigenvalue weighted by atomic mass is 35.5. The largest absolute Gasteiger partial charge is 0.352 e. The normalized spacial score (nSPS) is 11.0. The molecule has 0 saturated heterocycles. The topological polar surface area (TPSA) is 44.4 Å². The summed E-state index contributed by atoms with van der Waals surface area (Å²) in [5.74, 6) is -1.61. The van der Waals surface area contributed by atoms with E-state index in [0.717, 1.165) is 25.7 Å². The molecule has 0 fully saturated rings. The summed E-state index contributed by atoms with van der Waals surface area (Å²) >= 11 is 12.9. The van der Waals surface area contributed by atoms with E-state index in [2.05, 4.69) is 29.4 Å². The van der Waals surface area contributed by atoms with Crippen molar-refractivity contribution in [2.24, 2.45) is 0 Å². The first-order chi connectivity index (χ1) is 15.8. The van der Waals surface area contributed by atoms with Crippen LogP contribution in [0.1, 0.15) is 24.2 Å². The standard InChI is InChI=1S/C25H25Cl2F2N3O/c1-3-32(4-2)10-9-30-25(33)20-7-5-6-8-23(20)31-24-21(26)13-17(14-22(24)27)16-11-18(28)15-19(29)12-16/h5-8,11-15,31H,3-4,9-10H2,1-2H3,(H,30,33). The minimum Gasteiger partial charge on any atom is -0.352 e. The van der Waals surface area contributed by atoms with Crippen LogP contribution in [-0.4, -0.2) is 37.0 Å². The number of nitrogens with zero attached hydrogens (tertiary/aromatic N) is 1. The molecular formula is C25H25Cl2F2N3O. The van der Waals surface area contributed by atoms with Crippen LogP contribution in [0.5, 0.6) is 0 Å². The van der Waals surface area contributed by atoms with Gasteiger partial charge in [0.2, 0.25) is 0 Å². The van der Waals surface area contributed by atoms with Gasteiger partial charge in [-0.2, -0.15) is 0 Å². The van der Waals surface area contributed by atoms with Gasteiger partial charge < -0.3 is 15.5 Å². The number of rotatable bonds is 9. The zero-order valence-corrected chi connectivity index (χ0v) is 19.9. The van der Waals surface area contributed by atoms with Gasteiger partial charge in [0.15, 0.2) is 0 Å². The third kappa shape index (κ3) is 6.44. The van der Waals surface area contributed by atoms with Crippen LogP contribution in [0, 0.1) is 11.6 Å². The quantitative estimate of drug-likeness (QED) is 0.347. The number of nitrogens with one attached hydrogen (secondary N) is 2. The molecule has 0 radical (unpaired) electrons. The summed E-state index contributed by atoms with van der Waals surface area (Å²) in [6.07, 6.45) is 0. The molecule has 3 rings (SSSR count). The molecule has 33 heavy (non-hydrogen) atoms. The molecule has 0 aromatic heterocycles. The van der Waals surface area contributed by atoms with Crippen molar-refractivity contribution in [3.05, 3.63) is 81.8 Å². The Morgan fingerprint density at radius 2 is 1.48 bits per heavy atom. The van der Waals surface area contributed by atoms with Crippen LogP contribution in [0.25, 0.3) is 11.1 Å². The molecule has 0 aliphatic rings. The number of carbonyl (C=O) groups excluding carboxylic acids is 1. The number of hydrogen-bond donors (Lipinski definition) is 2. The molecule has 0 heterocycles. The van der Waals surface area contributed by atoms with Crippen LogP contribution in [0.4, 0.5) is 20.2 Å². The average Bonchev–Trinajstić information content (AvgIpc) is 2.78. The van der Waals surface area contributed by atoms with E-state index >= 15 is 0 Å². The first-order valence-corrected chi connectivity index (χ1v) is 11.4. The summed E-state index contributed by atoms with van der Waals surface area (Å²) in [6, 6.07) is 13.4. The molecule has 0 atom stereocenters. The van der Waals surface area contributed by atoms with Crippen molar-refractivity contribution in [3.63, 3.8) is 0 Å². The summed E-state index contributed by atoms with van der Waals surface area (Å²) < 4.78 is 27.2. The van der Waals surface area contributed by atoms with Crippen LogP contribution < -0.4 is 10.6 Å². The van der Waals surface area contributed by atoms with Crippen molar-refractivity contribution in [2.45, 2.75) is 13.8 Å². The number of hydrogen-bond acceptors (Lipinski definition) is 3. The lowest BCUT2D eigenvalue weighted by Gasteiger charge is -2.19. The maximum Gasteiger partial charge on any atom is 0.253 e. The van der Waals surface area contributed by atoms with Crippen molar-refractivity contribution in [1.82, 2.24) is 10.2 Å². The Hall–Kier alpha value is -2.67. The second kappa shape index (κ2) is 11.5. The predicted octanol–water partition coefficient (Wildman–Crippen LogP) is 6.75. The lowest BCUT2D eigenvalue weighted by atomic mass is 10.0. The second-order valence-corrected chi connectivity index (χ2v) is 8.24. The predicted molar refractivity (Wildman–Crippen MR) is 132 cm³/mol. The number of carbonyl (C=O) groups is 1. The van der Waals surface area contributed by atoms with E-state index < -0.39 is 11.6 Å². The van der Waals surface area contributed by atoms with E-state index in [1.54, 1.807) is 36.4 Å². The number of anilines is 2. The maximum absolute atomic E-state index is 13.6. The number of amides is 1. The monoisotopic (exact) mass is 491 g/mol. The first kappa shape index (κ1) is 25.0. The van der Waals surface area contributed by atoms with Crippen LogP contribution in [0.2, 0.25) is 10.0 Å². The van der Waals surface area contributed by atoms with E-state index in [-0.39, 0.29) is 16.0 Å². The van der Waals surface area contributed by atoms with Crippen LogP contribution in [0.15, 0.2) is 54.6 Å². The Bertz CT molecular complexity index is 1090. The van der Waals surface area contributed by atoms with Gasteiger partial charge >= 0.3 is 0 Å². The SMILES string of the molecule is CCN(CC)CCNC(=O)c1ccccc1Nc1c(Cl)cc(-c2cc(F)cc(F)c2)cc1Cl. The van der Waals surface area contributed by atoms with Crippen molar-refractivity contribution in [2.75, 3.05) is 31.5 Å². The zero-order chi connectivity index (χ0) is 24.0. The number of halogens is 4. The average molecular weight is 492 g/mol. The third-order valence-corrected chi connectivity index (χ3v) is 5.87. The zero-order valence-electron chi connectivity index (χ0n) is 18.4. The highest BCUT2D eigenvalue weighted by molar-refractivity contribution is 6.39. The van der Waals surface area contributed by atoms with Crippen LogP contribution in [0.3, 0.4) is 0 Å². The van der Waals surface area contributed by atoms with Crippen molar-refractivity contribution < 1.29 is 13.6 Å². The molecule has 0 aliphatic carbocycles. The minimum atomic E-state index is -0.694. The fourth-order valence-corrected chi connectivity index (χ4v) is 4.05. The van der Waals surface area contributed by atoms with Gasteiger partial charge in [0.1, 0.15) is 11.6 Å². The molecule has 3 aromatic carbocycles. The van der Waals surface area contributed by atoms with Crippen LogP contribution in [-0.2, 0) is 0 Å².